The van der Waals surface area contributed by atoms with Crippen molar-refractivity contribution in [2.45, 2.75) is 11.3 Å². The van der Waals surface area contributed by atoms with E-state index in [-0.39, 0.29) is 13.0 Å². The smallest absolute Gasteiger partial charge is 0.289 e. The van der Waals surface area contributed by atoms with Gasteiger partial charge in [-0.05, 0) is 12.1 Å². The Morgan fingerprint density at radius 1 is 1.43 bits per heavy atom. The van der Waals surface area contributed by atoms with Crippen molar-refractivity contribution >= 4 is 31.6 Å². The van der Waals surface area contributed by atoms with Gasteiger partial charge < -0.3 is 4.52 Å². The van der Waals surface area contributed by atoms with E-state index in [1.54, 1.807) is 0 Å². The van der Waals surface area contributed by atoms with Crippen LogP contribution in [0, 0.1) is 10.1 Å². The van der Waals surface area contributed by atoms with Gasteiger partial charge in [0.15, 0.2) is 10.7 Å². The summed E-state index contributed by atoms with van der Waals surface area (Å²) in [5.74, 6) is 0.335. The minimum absolute atomic E-state index is 0.00840. The molecule has 0 saturated heterocycles. The molecule has 0 fully saturated rings. The van der Waals surface area contributed by atoms with Gasteiger partial charge in [0.1, 0.15) is 0 Å². The number of nitrogens with zero attached hydrogens (tertiary/aromatic N) is 3. The normalized spacial score (nSPS) is 11.5. The molecule has 1 heterocycles. The number of nitro benzene ring substituents is 1. The Labute approximate surface area is 127 Å². The quantitative estimate of drug-likeness (QED) is 0.593. The highest BCUT2D eigenvalue weighted by molar-refractivity contribution is 9.10. The molecule has 11 heteroatoms. The average molecular weight is 377 g/mol. The van der Waals surface area contributed by atoms with Crippen LogP contribution in [-0.2, 0) is 16.4 Å². The second-order valence-corrected chi connectivity index (χ2v) is 6.52. The van der Waals surface area contributed by atoms with Gasteiger partial charge in [0.25, 0.3) is 5.69 Å². The van der Waals surface area contributed by atoms with Gasteiger partial charge in [-0.2, -0.15) is 4.98 Å². The lowest BCUT2D eigenvalue weighted by Gasteiger charge is -2.06. The molecule has 0 bridgehead atoms. The summed E-state index contributed by atoms with van der Waals surface area (Å²) < 4.78 is 31.5. The van der Waals surface area contributed by atoms with Crippen LogP contribution in [0.4, 0.5) is 5.69 Å². The lowest BCUT2D eigenvalue weighted by atomic mass is 10.3. The van der Waals surface area contributed by atoms with Gasteiger partial charge in [-0.15, -0.1) is 0 Å². The molecule has 2 aromatic rings. The fourth-order valence-corrected chi connectivity index (χ4v) is 3.27. The van der Waals surface area contributed by atoms with E-state index in [0.29, 0.717) is 10.3 Å². The average Bonchev–Trinajstić information content (AvgIpc) is 2.91. The summed E-state index contributed by atoms with van der Waals surface area (Å²) in [6.07, 6.45) is 1.33. The Hall–Kier alpha value is -1.85. The minimum atomic E-state index is -4.02. The lowest BCUT2D eigenvalue weighted by molar-refractivity contribution is -0.387. The summed E-state index contributed by atoms with van der Waals surface area (Å²) >= 11 is 3.09. The highest BCUT2D eigenvalue weighted by atomic mass is 79.9. The summed E-state index contributed by atoms with van der Waals surface area (Å²) in [4.78, 5) is 13.5. The predicted octanol–water partition coefficient (Wildman–Crippen LogP) is 1.26. The predicted molar refractivity (Wildman–Crippen MR) is 74.0 cm³/mol. The van der Waals surface area contributed by atoms with Gasteiger partial charge in [0, 0.05) is 23.5 Å². The molecule has 1 aromatic carbocycles. The van der Waals surface area contributed by atoms with Crippen molar-refractivity contribution in [1.29, 1.82) is 0 Å². The molecule has 0 unspecified atom stereocenters. The number of hydrogen-bond donors (Lipinski definition) is 1. The van der Waals surface area contributed by atoms with E-state index in [2.05, 4.69) is 35.3 Å². The van der Waals surface area contributed by atoms with Crippen molar-refractivity contribution in [3.63, 3.8) is 0 Å². The molecule has 0 atom stereocenters. The van der Waals surface area contributed by atoms with E-state index in [1.165, 1.54) is 12.1 Å². The first-order valence-corrected chi connectivity index (χ1v) is 7.86. The summed E-state index contributed by atoms with van der Waals surface area (Å²) in [6, 6.07) is 3.70. The summed E-state index contributed by atoms with van der Waals surface area (Å²) in [5.41, 5.74) is -0.495. The van der Waals surface area contributed by atoms with Crippen molar-refractivity contribution in [2.24, 2.45) is 0 Å². The van der Waals surface area contributed by atoms with Crippen LogP contribution in [-0.4, -0.2) is 30.0 Å². The monoisotopic (exact) mass is 376 g/mol. The Morgan fingerprint density at radius 2 is 2.19 bits per heavy atom. The third kappa shape index (κ3) is 3.83. The molecule has 0 saturated carbocycles. The Bertz CT molecular complexity index is 747. The van der Waals surface area contributed by atoms with Crippen molar-refractivity contribution in [1.82, 2.24) is 14.9 Å². The second-order valence-electron chi connectivity index (χ2n) is 3.86. The number of rotatable bonds is 6. The first-order chi connectivity index (χ1) is 9.90. The van der Waals surface area contributed by atoms with Gasteiger partial charge >= 0.3 is 0 Å². The summed E-state index contributed by atoms with van der Waals surface area (Å²) in [7, 11) is -4.02. The van der Waals surface area contributed by atoms with Gasteiger partial charge in [0.05, 0.1) is 4.92 Å². The van der Waals surface area contributed by atoms with Crippen LogP contribution in [0.1, 0.15) is 5.82 Å². The van der Waals surface area contributed by atoms with E-state index in [0.717, 1.165) is 12.5 Å². The van der Waals surface area contributed by atoms with Crippen LogP contribution in [0.25, 0.3) is 0 Å². The third-order valence-corrected chi connectivity index (χ3v) is 4.44. The van der Waals surface area contributed by atoms with Crippen LogP contribution >= 0.6 is 15.9 Å². The van der Waals surface area contributed by atoms with E-state index in [1.807, 2.05) is 0 Å². The zero-order valence-corrected chi connectivity index (χ0v) is 12.8. The first-order valence-electron chi connectivity index (χ1n) is 5.59. The van der Waals surface area contributed by atoms with Crippen LogP contribution in [0.5, 0.6) is 0 Å². The maximum absolute atomic E-state index is 12.1. The number of aromatic nitrogens is 2. The molecular weight excluding hydrogens is 368 g/mol. The van der Waals surface area contributed by atoms with Crippen LogP contribution in [0.3, 0.4) is 0 Å². The van der Waals surface area contributed by atoms with Gasteiger partial charge in [-0.25, -0.2) is 13.1 Å². The van der Waals surface area contributed by atoms with Gasteiger partial charge in [0.2, 0.25) is 16.4 Å². The van der Waals surface area contributed by atoms with Crippen molar-refractivity contribution in [3.8, 4) is 0 Å². The minimum Gasteiger partial charge on any atom is -0.343 e. The molecule has 0 spiro atoms. The highest BCUT2D eigenvalue weighted by Crippen LogP contribution is 2.26. The molecule has 0 aliphatic rings. The Balaban J connectivity index is 2.19. The molecule has 0 amide bonds. The first kappa shape index (κ1) is 15.5. The third-order valence-electron chi connectivity index (χ3n) is 2.46. The van der Waals surface area contributed by atoms with E-state index in [9.17, 15) is 18.5 Å². The van der Waals surface area contributed by atoms with Crippen LogP contribution in [0.15, 0.2) is 38.5 Å². The summed E-state index contributed by atoms with van der Waals surface area (Å²) in [5, 5.41) is 14.4. The number of sulfonamides is 1. The Kier molecular flexibility index (Phi) is 4.65. The molecular formula is C10H9BrN4O5S. The maximum atomic E-state index is 12.1. The molecule has 9 nitrogen and oxygen atoms in total. The standard InChI is InChI=1S/C10H9BrN4O5S/c11-7-1-2-8(15(16)17)9(5-7)21(18,19)13-4-3-10-12-6-20-14-10/h1-2,5-6,13H,3-4H2. The maximum Gasteiger partial charge on any atom is 0.289 e. The molecule has 2 rings (SSSR count). The largest absolute Gasteiger partial charge is 0.343 e. The fraction of sp³-hybridized carbons (Fsp3) is 0.200. The SMILES string of the molecule is O=[N+]([O-])c1ccc(Br)cc1S(=O)(=O)NCCc1ncon1. The Morgan fingerprint density at radius 3 is 2.81 bits per heavy atom. The van der Waals surface area contributed by atoms with E-state index in [4.69, 9.17) is 0 Å². The number of benzene rings is 1. The molecule has 0 aliphatic heterocycles. The van der Waals surface area contributed by atoms with E-state index < -0.39 is 25.5 Å². The number of nitro groups is 1. The van der Waals surface area contributed by atoms with Gasteiger partial charge in [-0.1, -0.05) is 21.1 Å². The van der Waals surface area contributed by atoms with Crippen LogP contribution < -0.4 is 4.72 Å². The van der Waals surface area contributed by atoms with Gasteiger partial charge in [-0.3, -0.25) is 10.1 Å². The molecule has 0 radical (unpaired) electrons. The zero-order chi connectivity index (χ0) is 15.5. The zero-order valence-electron chi connectivity index (χ0n) is 10.4. The second kappa shape index (κ2) is 6.28. The van der Waals surface area contributed by atoms with Crippen molar-refractivity contribution in [3.05, 3.63) is 45.0 Å². The highest BCUT2D eigenvalue weighted by Gasteiger charge is 2.25. The molecule has 1 N–H and O–H groups in total. The number of hydrogen-bond acceptors (Lipinski definition) is 7. The lowest BCUT2D eigenvalue weighted by Crippen LogP contribution is -2.27. The molecule has 0 aliphatic carbocycles. The topological polar surface area (TPSA) is 128 Å². The summed E-state index contributed by atoms with van der Waals surface area (Å²) in [6.45, 7) is -0.00840. The van der Waals surface area contributed by atoms with Crippen LogP contribution in [0.2, 0.25) is 0 Å². The number of nitrogens with one attached hydrogen (secondary N) is 1. The molecule has 21 heavy (non-hydrogen) atoms. The van der Waals surface area contributed by atoms with E-state index >= 15 is 0 Å². The fourth-order valence-electron chi connectivity index (χ4n) is 1.53. The van der Waals surface area contributed by atoms with Crippen molar-refractivity contribution in [2.75, 3.05) is 6.54 Å². The van der Waals surface area contributed by atoms with Crippen molar-refractivity contribution < 1.29 is 17.9 Å². The number of halogens is 1. The molecule has 112 valence electrons. The molecule has 1 aromatic heterocycles.